The summed E-state index contributed by atoms with van der Waals surface area (Å²) in [6, 6.07) is 3.58. The van der Waals surface area contributed by atoms with Crippen molar-refractivity contribution in [1.82, 2.24) is 25.3 Å². The fourth-order valence-electron chi connectivity index (χ4n) is 3.09. The van der Waals surface area contributed by atoms with Crippen LogP contribution in [0.5, 0.6) is 0 Å². The number of carbonyl (C=O) groups excluding carboxylic acids is 1. The van der Waals surface area contributed by atoms with Gasteiger partial charge in [-0.3, -0.25) is 15.1 Å². The minimum atomic E-state index is -1.09. The summed E-state index contributed by atoms with van der Waals surface area (Å²) in [5.41, 5.74) is 0.473. The molecule has 0 spiro atoms. The minimum absolute atomic E-state index is 0. The molecular formula is C21H18F2LiN7O3S. The first-order valence-electron chi connectivity index (χ1n) is 9.94. The summed E-state index contributed by atoms with van der Waals surface area (Å²) in [5, 5.41) is 16.5. The molecule has 0 saturated carbocycles. The van der Waals surface area contributed by atoms with E-state index in [4.69, 9.17) is 5.11 Å². The molecule has 0 bridgehead atoms. The van der Waals surface area contributed by atoms with Crippen molar-refractivity contribution in [2.45, 2.75) is 6.92 Å². The van der Waals surface area contributed by atoms with E-state index in [9.17, 15) is 14.0 Å². The van der Waals surface area contributed by atoms with Gasteiger partial charge in [0.1, 0.15) is 23.6 Å². The van der Waals surface area contributed by atoms with Crippen LogP contribution in [0.15, 0.2) is 36.8 Å². The van der Waals surface area contributed by atoms with Crippen molar-refractivity contribution < 1.29 is 43.8 Å². The van der Waals surface area contributed by atoms with Crippen LogP contribution in [-0.2, 0) is 4.79 Å². The predicted octanol–water partition coefficient (Wildman–Crippen LogP) is 0.848. The zero-order chi connectivity index (χ0) is 24.2. The van der Waals surface area contributed by atoms with Gasteiger partial charge in [0, 0.05) is 41.8 Å². The van der Waals surface area contributed by atoms with Gasteiger partial charge in [-0.05, 0) is 25.1 Å². The molecule has 4 rings (SSSR count). The van der Waals surface area contributed by atoms with Crippen LogP contribution in [0.4, 0.5) is 24.7 Å². The third-order valence-electron chi connectivity index (χ3n) is 4.54. The van der Waals surface area contributed by atoms with Gasteiger partial charge >= 0.3 is 30.9 Å². The maximum Gasteiger partial charge on any atom is 1.00 e. The van der Waals surface area contributed by atoms with E-state index in [0.717, 1.165) is 11.3 Å². The fraction of sp³-hybridized carbons (Fsp3) is 0.143. The molecule has 0 aliphatic rings. The Labute approximate surface area is 214 Å². The Hall–Kier alpha value is -3.66. The summed E-state index contributed by atoms with van der Waals surface area (Å²) in [5.74, 6) is -2.37. The molecule has 0 unspecified atom stereocenters. The zero-order valence-electron chi connectivity index (χ0n) is 19.6. The number of benzene rings is 1. The number of hydrogen-bond acceptors (Lipinski definition) is 8. The number of amides is 2. The summed E-state index contributed by atoms with van der Waals surface area (Å²) >= 11 is 0.985. The molecule has 4 aromatic rings. The Morgan fingerprint density at radius 2 is 1.91 bits per heavy atom. The summed E-state index contributed by atoms with van der Waals surface area (Å²) in [4.78, 5) is 38.9. The average molecular weight is 493 g/mol. The molecule has 3 heterocycles. The van der Waals surface area contributed by atoms with Gasteiger partial charge in [0.25, 0.3) is 0 Å². The molecule has 0 aliphatic heterocycles. The first kappa shape index (κ1) is 26.0. The second-order valence-electron chi connectivity index (χ2n) is 6.84. The van der Waals surface area contributed by atoms with E-state index in [1.807, 2.05) is 0 Å². The van der Waals surface area contributed by atoms with Crippen molar-refractivity contribution in [2.75, 3.05) is 23.7 Å². The maximum atomic E-state index is 15.6. The second-order valence-corrected chi connectivity index (χ2v) is 7.84. The number of urea groups is 1. The number of aliphatic carboxylic acids is 1. The maximum absolute atomic E-state index is 15.6. The average Bonchev–Trinajstić information content (AvgIpc) is 3.23. The molecular weight excluding hydrogens is 475 g/mol. The van der Waals surface area contributed by atoms with Crippen LogP contribution in [0, 0.1) is 11.6 Å². The molecule has 0 saturated heterocycles. The van der Waals surface area contributed by atoms with Crippen LogP contribution in [0.3, 0.4) is 0 Å². The SMILES string of the molecule is CCNC(=O)Nc1nc2c(F)c(-c3cnc(NCC(=O)O)nc3)cc(-c3ncccc3F)c2s1.[H-].[Li+]. The summed E-state index contributed by atoms with van der Waals surface area (Å²) < 4.78 is 30.5. The van der Waals surface area contributed by atoms with Crippen LogP contribution in [-0.4, -0.2) is 50.1 Å². The van der Waals surface area contributed by atoms with Crippen LogP contribution in [0.25, 0.3) is 32.6 Å². The van der Waals surface area contributed by atoms with Gasteiger partial charge in [-0.15, -0.1) is 0 Å². The number of fused-ring (bicyclic) bond motifs is 1. The number of carbonyl (C=O) groups is 2. The van der Waals surface area contributed by atoms with E-state index in [0.29, 0.717) is 11.2 Å². The van der Waals surface area contributed by atoms with Gasteiger partial charge < -0.3 is 17.2 Å². The molecule has 10 nitrogen and oxygen atoms in total. The summed E-state index contributed by atoms with van der Waals surface area (Å²) in [6.45, 7) is 1.75. The molecule has 176 valence electrons. The number of carboxylic acids is 1. The Balaban J connectivity index is 0.00000228. The monoisotopic (exact) mass is 493 g/mol. The third-order valence-corrected chi connectivity index (χ3v) is 5.54. The molecule has 3 aromatic heterocycles. The number of halogens is 2. The smallest absolute Gasteiger partial charge is 1.00 e. The van der Waals surface area contributed by atoms with Crippen molar-refractivity contribution in [3.63, 3.8) is 0 Å². The predicted molar refractivity (Wildman–Crippen MR) is 124 cm³/mol. The van der Waals surface area contributed by atoms with Crippen LogP contribution in [0.1, 0.15) is 8.35 Å². The zero-order valence-corrected chi connectivity index (χ0v) is 19.4. The number of hydrogen-bond donors (Lipinski definition) is 4. The fourth-order valence-corrected chi connectivity index (χ4v) is 4.06. The van der Waals surface area contributed by atoms with Crippen molar-refractivity contribution >= 4 is 44.6 Å². The van der Waals surface area contributed by atoms with Gasteiger partial charge in [-0.1, -0.05) is 11.3 Å². The molecule has 0 atom stereocenters. The molecule has 35 heavy (non-hydrogen) atoms. The van der Waals surface area contributed by atoms with Gasteiger partial charge in [0.15, 0.2) is 10.9 Å². The molecule has 1 aromatic carbocycles. The number of aromatic nitrogens is 4. The largest absolute Gasteiger partial charge is 1.00 e. The van der Waals surface area contributed by atoms with Gasteiger partial charge in [0.05, 0.1) is 4.70 Å². The Morgan fingerprint density at radius 3 is 2.57 bits per heavy atom. The van der Waals surface area contributed by atoms with Crippen LogP contribution in [0.2, 0.25) is 0 Å². The standard InChI is InChI=1S/C21H17F2N7O3S.Li.H/c1-2-24-20(33)30-21-29-17-15(23)11(10-7-26-19(27-8-10)28-9-14(31)32)6-12(18(17)34-21)16-13(22)4-3-5-25-16;;/h3-8H,2,9H2,1H3,(H,31,32)(H,26,27,28)(H2,24,29,30,33);;/q;+1;-1. The van der Waals surface area contributed by atoms with Crippen molar-refractivity contribution in [3.05, 3.63) is 48.4 Å². The number of nitrogens with one attached hydrogen (secondary N) is 3. The van der Waals surface area contributed by atoms with Gasteiger partial charge in [0.2, 0.25) is 5.95 Å². The Bertz CT molecular complexity index is 1390. The van der Waals surface area contributed by atoms with E-state index in [2.05, 4.69) is 35.9 Å². The minimum Gasteiger partial charge on any atom is -1.00 e. The van der Waals surface area contributed by atoms with E-state index < -0.39 is 23.6 Å². The topological polar surface area (TPSA) is 142 Å². The summed E-state index contributed by atoms with van der Waals surface area (Å²) in [7, 11) is 0. The number of anilines is 2. The number of nitrogens with zero attached hydrogens (tertiary/aromatic N) is 4. The van der Waals surface area contributed by atoms with E-state index >= 15 is 4.39 Å². The van der Waals surface area contributed by atoms with Crippen LogP contribution >= 0.6 is 11.3 Å². The first-order valence-corrected chi connectivity index (χ1v) is 10.8. The normalized spacial score (nSPS) is 10.5. The number of pyridine rings is 1. The van der Waals surface area contributed by atoms with Gasteiger partial charge in [-0.2, -0.15) is 0 Å². The molecule has 14 heteroatoms. The third kappa shape index (κ3) is 5.71. The van der Waals surface area contributed by atoms with Crippen LogP contribution < -0.4 is 34.8 Å². The molecule has 2 amide bonds. The Morgan fingerprint density at radius 1 is 1.17 bits per heavy atom. The van der Waals surface area contributed by atoms with E-state index in [1.165, 1.54) is 36.8 Å². The number of thiazole rings is 1. The molecule has 0 aliphatic carbocycles. The van der Waals surface area contributed by atoms with E-state index in [1.54, 1.807) is 6.92 Å². The van der Waals surface area contributed by atoms with Crippen molar-refractivity contribution in [2.24, 2.45) is 0 Å². The van der Waals surface area contributed by atoms with E-state index in [-0.39, 0.29) is 65.8 Å². The van der Waals surface area contributed by atoms with Crippen molar-refractivity contribution in [1.29, 1.82) is 0 Å². The second kappa shape index (κ2) is 11.2. The molecule has 0 fully saturated rings. The molecule has 4 N–H and O–H groups in total. The summed E-state index contributed by atoms with van der Waals surface area (Å²) in [6.07, 6.45) is 4.02. The molecule has 0 radical (unpaired) electrons. The van der Waals surface area contributed by atoms with Gasteiger partial charge in [-0.25, -0.2) is 28.5 Å². The first-order chi connectivity index (χ1) is 16.4. The quantitative estimate of drug-likeness (QED) is 0.278. The number of carboxylic acid groups (broad SMARTS) is 1. The Kier molecular flexibility index (Phi) is 8.29. The number of rotatable bonds is 7. The van der Waals surface area contributed by atoms with Crippen molar-refractivity contribution in [3.8, 4) is 22.4 Å².